The molecule has 0 saturated heterocycles. The molecule has 1 N–H and O–H groups in total. The van der Waals surface area contributed by atoms with E-state index in [-0.39, 0.29) is 5.91 Å². The summed E-state index contributed by atoms with van der Waals surface area (Å²) >= 11 is 11.3. The standard InChI is InChI=1S/C12H7BrClIN2O/c13-9-5-7(1-3-10(9)14)12(18)17-11-4-2-8(15)6-16-11/h1-6H,(H,16,17,18). The van der Waals surface area contributed by atoms with Gasteiger partial charge in [-0.25, -0.2) is 4.98 Å². The molecule has 1 heterocycles. The van der Waals surface area contributed by atoms with Crippen molar-refractivity contribution in [3.8, 4) is 0 Å². The van der Waals surface area contributed by atoms with Crippen molar-refractivity contribution in [2.24, 2.45) is 0 Å². The zero-order valence-corrected chi connectivity index (χ0v) is 13.5. The fourth-order valence-corrected chi connectivity index (χ4v) is 2.09. The van der Waals surface area contributed by atoms with Crippen LogP contribution in [0, 0.1) is 3.57 Å². The summed E-state index contributed by atoms with van der Waals surface area (Å²) in [7, 11) is 0. The van der Waals surface area contributed by atoms with Crippen molar-refractivity contribution in [2.75, 3.05) is 5.32 Å². The fraction of sp³-hybridized carbons (Fsp3) is 0. The minimum absolute atomic E-state index is 0.221. The van der Waals surface area contributed by atoms with Gasteiger partial charge in [-0.1, -0.05) is 11.6 Å². The molecule has 0 radical (unpaired) electrons. The van der Waals surface area contributed by atoms with Crippen LogP contribution in [0.25, 0.3) is 0 Å². The topological polar surface area (TPSA) is 42.0 Å². The van der Waals surface area contributed by atoms with Crippen LogP contribution >= 0.6 is 50.1 Å². The number of aromatic nitrogens is 1. The molecule has 0 aliphatic rings. The SMILES string of the molecule is O=C(Nc1ccc(I)cn1)c1ccc(Cl)c(Br)c1. The highest BCUT2D eigenvalue weighted by atomic mass is 127. The number of benzene rings is 1. The van der Waals surface area contributed by atoms with Crippen LogP contribution in [0.15, 0.2) is 41.0 Å². The maximum atomic E-state index is 11.9. The summed E-state index contributed by atoms with van der Waals surface area (Å²) < 4.78 is 1.70. The molecule has 0 atom stereocenters. The molecule has 92 valence electrons. The third kappa shape index (κ3) is 3.43. The maximum Gasteiger partial charge on any atom is 0.256 e. The highest BCUT2D eigenvalue weighted by molar-refractivity contribution is 14.1. The number of nitrogens with zero attached hydrogens (tertiary/aromatic N) is 1. The van der Waals surface area contributed by atoms with E-state index in [0.29, 0.717) is 20.9 Å². The van der Waals surface area contributed by atoms with E-state index in [4.69, 9.17) is 11.6 Å². The molecular weight excluding hydrogens is 430 g/mol. The van der Waals surface area contributed by atoms with Crippen LogP contribution in [0.4, 0.5) is 5.82 Å². The number of amides is 1. The molecule has 3 nitrogen and oxygen atoms in total. The van der Waals surface area contributed by atoms with Crippen molar-refractivity contribution >= 4 is 61.8 Å². The molecule has 1 aromatic heterocycles. The third-order valence-corrected chi connectivity index (χ3v) is 4.00. The van der Waals surface area contributed by atoms with Gasteiger partial charge in [-0.2, -0.15) is 0 Å². The Morgan fingerprint density at radius 3 is 2.72 bits per heavy atom. The van der Waals surface area contributed by atoms with Gasteiger partial charge in [0.15, 0.2) is 0 Å². The van der Waals surface area contributed by atoms with Gasteiger partial charge in [-0.05, 0) is 68.9 Å². The molecule has 1 aromatic carbocycles. The summed E-state index contributed by atoms with van der Waals surface area (Å²) in [6.45, 7) is 0. The van der Waals surface area contributed by atoms with Crippen molar-refractivity contribution in [1.82, 2.24) is 4.98 Å². The number of anilines is 1. The van der Waals surface area contributed by atoms with E-state index in [9.17, 15) is 4.79 Å². The molecular formula is C12H7BrClIN2O. The van der Waals surface area contributed by atoms with Gasteiger partial charge in [-0.3, -0.25) is 4.79 Å². The first-order chi connectivity index (χ1) is 8.56. The Morgan fingerprint density at radius 2 is 2.11 bits per heavy atom. The van der Waals surface area contributed by atoms with E-state index in [1.54, 1.807) is 30.5 Å². The second kappa shape index (κ2) is 5.99. The monoisotopic (exact) mass is 436 g/mol. The summed E-state index contributed by atoms with van der Waals surface area (Å²) in [6.07, 6.45) is 1.69. The Labute approximate surface area is 131 Å². The normalized spacial score (nSPS) is 10.2. The number of rotatable bonds is 2. The lowest BCUT2D eigenvalue weighted by Gasteiger charge is -2.05. The molecule has 0 bridgehead atoms. The molecule has 0 spiro atoms. The van der Waals surface area contributed by atoms with Crippen LogP contribution in [-0.2, 0) is 0 Å². The second-order valence-electron chi connectivity index (χ2n) is 3.44. The van der Waals surface area contributed by atoms with Gasteiger partial charge in [0.05, 0.1) is 5.02 Å². The van der Waals surface area contributed by atoms with Crippen LogP contribution < -0.4 is 5.32 Å². The number of hydrogen-bond acceptors (Lipinski definition) is 2. The van der Waals surface area contributed by atoms with Gasteiger partial charge >= 0.3 is 0 Å². The first kappa shape index (κ1) is 13.8. The molecule has 0 fully saturated rings. The number of halogens is 3. The van der Waals surface area contributed by atoms with E-state index in [1.165, 1.54) is 0 Å². The molecule has 0 aliphatic heterocycles. The van der Waals surface area contributed by atoms with Crippen molar-refractivity contribution < 1.29 is 4.79 Å². The van der Waals surface area contributed by atoms with E-state index in [2.05, 4.69) is 48.8 Å². The van der Waals surface area contributed by atoms with Crippen LogP contribution in [-0.4, -0.2) is 10.9 Å². The van der Waals surface area contributed by atoms with Crippen molar-refractivity contribution in [2.45, 2.75) is 0 Å². The predicted octanol–water partition coefficient (Wildman–Crippen LogP) is 4.35. The minimum atomic E-state index is -0.221. The first-order valence-corrected chi connectivity index (χ1v) is 7.19. The molecule has 18 heavy (non-hydrogen) atoms. The number of carbonyl (C=O) groups excluding carboxylic acids is 1. The fourth-order valence-electron chi connectivity index (χ4n) is 1.28. The number of carbonyl (C=O) groups is 1. The van der Waals surface area contributed by atoms with Crippen LogP contribution in [0.3, 0.4) is 0 Å². The van der Waals surface area contributed by atoms with Crippen LogP contribution in [0.5, 0.6) is 0 Å². The zero-order valence-electron chi connectivity index (χ0n) is 8.95. The van der Waals surface area contributed by atoms with Crippen LogP contribution in [0.2, 0.25) is 5.02 Å². The Morgan fingerprint density at radius 1 is 1.33 bits per heavy atom. The van der Waals surface area contributed by atoms with Gasteiger partial charge in [0.25, 0.3) is 5.91 Å². The van der Waals surface area contributed by atoms with Gasteiger partial charge in [0, 0.05) is 19.8 Å². The average molecular weight is 437 g/mol. The molecule has 1 amide bonds. The highest BCUT2D eigenvalue weighted by Gasteiger charge is 2.08. The van der Waals surface area contributed by atoms with Gasteiger partial charge in [0.2, 0.25) is 0 Å². The van der Waals surface area contributed by atoms with E-state index in [0.717, 1.165) is 3.57 Å². The van der Waals surface area contributed by atoms with E-state index in [1.807, 2.05) is 6.07 Å². The molecule has 2 rings (SSSR count). The molecule has 0 saturated carbocycles. The van der Waals surface area contributed by atoms with Crippen molar-refractivity contribution in [3.05, 3.63) is 55.2 Å². The number of nitrogens with one attached hydrogen (secondary N) is 1. The molecule has 0 aliphatic carbocycles. The molecule has 0 unspecified atom stereocenters. The predicted molar refractivity (Wildman–Crippen MR) is 84.1 cm³/mol. The van der Waals surface area contributed by atoms with Crippen LogP contribution in [0.1, 0.15) is 10.4 Å². The second-order valence-corrected chi connectivity index (χ2v) is 5.95. The minimum Gasteiger partial charge on any atom is -0.307 e. The summed E-state index contributed by atoms with van der Waals surface area (Å²) in [5.41, 5.74) is 0.520. The molecule has 6 heteroatoms. The zero-order chi connectivity index (χ0) is 13.1. The number of hydrogen-bond donors (Lipinski definition) is 1. The van der Waals surface area contributed by atoms with E-state index >= 15 is 0 Å². The Balaban J connectivity index is 2.16. The lowest BCUT2D eigenvalue weighted by molar-refractivity contribution is 0.102. The third-order valence-electron chi connectivity index (χ3n) is 2.15. The summed E-state index contributed by atoms with van der Waals surface area (Å²) in [4.78, 5) is 16.1. The van der Waals surface area contributed by atoms with Gasteiger partial charge < -0.3 is 5.32 Å². The smallest absolute Gasteiger partial charge is 0.256 e. The first-order valence-electron chi connectivity index (χ1n) is 4.94. The van der Waals surface area contributed by atoms with Gasteiger partial charge in [0.1, 0.15) is 5.82 Å². The Hall–Kier alpha value is -0.660. The Kier molecular flexibility index (Phi) is 4.58. The summed E-state index contributed by atoms with van der Waals surface area (Å²) in [5.74, 6) is 0.299. The largest absolute Gasteiger partial charge is 0.307 e. The van der Waals surface area contributed by atoms with Crippen molar-refractivity contribution in [1.29, 1.82) is 0 Å². The number of pyridine rings is 1. The summed E-state index contributed by atoms with van der Waals surface area (Å²) in [6, 6.07) is 8.63. The summed E-state index contributed by atoms with van der Waals surface area (Å²) in [5, 5.41) is 3.28. The van der Waals surface area contributed by atoms with Crippen molar-refractivity contribution in [3.63, 3.8) is 0 Å². The van der Waals surface area contributed by atoms with E-state index < -0.39 is 0 Å². The highest BCUT2D eigenvalue weighted by Crippen LogP contribution is 2.23. The quantitative estimate of drug-likeness (QED) is 0.710. The lowest BCUT2D eigenvalue weighted by atomic mass is 10.2. The van der Waals surface area contributed by atoms with Gasteiger partial charge in [-0.15, -0.1) is 0 Å². The lowest BCUT2D eigenvalue weighted by Crippen LogP contribution is -2.12. The Bertz CT molecular complexity index is 589. The maximum absolute atomic E-state index is 11.9. The average Bonchev–Trinajstić information content (AvgIpc) is 2.35. The molecule has 2 aromatic rings.